The maximum Gasteiger partial charge on any atom is 0.227 e. The first-order chi connectivity index (χ1) is 33.8. The zero-order valence-corrected chi connectivity index (χ0v) is 41.8. The Labute approximate surface area is 410 Å². The van der Waals surface area contributed by atoms with Gasteiger partial charge in [0.15, 0.2) is 0 Å². The summed E-state index contributed by atoms with van der Waals surface area (Å²) in [5.74, 6) is 1.84. The van der Waals surface area contributed by atoms with Crippen LogP contribution in [0.4, 0.5) is 46.0 Å². The predicted octanol–water partition coefficient (Wildman–Crippen LogP) is 8.52. The number of methoxy groups -OCH3 is 2. The summed E-state index contributed by atoms with van der Waals surface area (Å²) < 4.78 is 16.1. The second kappa shape index (κ2) is 21.6. The molecule has 8 aromatic rings. The third-order valence-corrected chi connectivity index (χ3v) is 12.3. The van der Waals surface area contributed by atoms with E-state index in [1.165, 1.54) is 0 Å². The smallest absolute Gasteiger partial charge is 0.227 e. The highest BCUT2D eigenvalue weighted by molar-refractivity contribution is 5.98. The molecule has 1 amide bonds. The summed E-state index contributed by atoms with van der Waals surface area (Å²) in [7, 11) is 19.6. The second-order valence-corrected chi connectivity index (χ2v) is 17.9. The van der Waals surface area contributed by atoms with E-state index in [9.17, 15) is 4.79 Å². The summed E-state index contributed by atoms with van der Waals surface area (Å²) in [5, 5.41) is 15.8. The highest BCUT2D eigenvalue weighted by Gasteiger charge is 2.20. The van der Waals surface area contributed by atoms with E-state index in [1.54, 1.807) is 26.6 Å². The van der Waals surface area contributed by atoms with Crippen LogP contribution in [0.5, 0.6) is 11.5 Å². The average Bonchev–Trinajstić information content (AvgIpc) is 3.88. The molecule has 0 bridgehead atoms. The average molecular weight is 945 g/mol. The van der Waals surface area contributed by atoms with Crippen LogP contribution < -0.4 is 40.5 Å². The number of anilines is 8. The van der Waals surface area contributed by atoms with E-state index in [0.717, 1.165) is 81.0 Å². The molecule has 0 saturated carbocycles. The van der Waals surface area contributed by atoms with Gasteiger partial charge in [0, 0.05) is 137 Å². The Hall–Kier alpha value is -7.89. The number of rotatable bonds is 21. The number of carbonyl (C=O) groups is 1. The molecular weight excluding hydrogens is 881 g/mol. The number of hydrogen-bond acceptors (Lipinski definition) is 14. The summed E-state index contributed by atoms with van der Waals surface area (Å²) in [6, 6.07) is 28.1. The first-order valence-corrected chi connectivity index (χ1v) is 23.3. The Morgan fingerprint density at radius 1 is 0.586 bits per heavy atom. The normalized spacial score (nSPS) is 11.4. The van der Waals surface area contributed by atoms with Gasteiger partial charge in [-0.25, -0.2) is 19.9 Å². The van der Waals surface area contributed by atoms with Gasteiger partial charge in [-0.3, -0.25) is 4.79 Å². The number of fused-ring (bicyclic) bond motifs is 2. The van der Waals surface area contributed by atoms with Gasteiger partial charge < -0.3 is 59.5 Å². The quantitative estimate of drug-likeness (QED) is 0.0543. The molecule has 0 aliphatic heterocycles. The summed E-state index contributed by atoms with van der Waals surface area (Å²) >= 11 is 0. The van der Waals surface area contributed by atoms with Crippen LogP contribution in [0.15, 0.2) is 110 Å². The molecule has 0 saturated heterocycles. The summed E-state index contributed by atoms with van der Waals surface area (Å²) in [5.41, 5.74) is 10.2. The van der Waals surface area contributed by atoms with Crippen LogP contribution in [-0.2, 0) is 18.9 Å². The molecule has 0 fully saturated rings. The van der Waals surface area contributed by atoms with E-state index in [4.69, 9.17) is 19.4 Å². The Bertz CT molecular complexity index is 3110. The molecule has 0 aliphatic carbocycles. The van der Waals surface area contributed by atoms with Gasteiger partial charge in [0.1, 0.15) is 11.5 Å². The molecule has 17 nitrogen and oxygen atoms in total. The number of ether oxygens (including phenoxy) is 2. The molecule has 0 spiro atoms. The first-order valence-electron chi connectivity index (χ1n) is 23.3. The standard InChI is InChI=1S/C53H64N14O3/c1-62(2)25-27-64(5)47-31-49(69-9)43(60-52-55-22-19-39(58-52)37-33-66(7)45-17-13-11-15-35(37)45)29-41(47)54-24-21-51(68)57-42-30-44(50(70-10)32-48(42)65(6)28-26-63(3)4)61-53-56-23-20-40(59-53)38-34-67(8)46-18-14-12-16-36(38)46/h11-20,22-23,29-34,54H,21,24-28H2,1-10H3,(H,57,68)(H,55,58,60)(H,56,59,61). The molecule has 4 N–H and O–H groups in total. The van der Waals surface area contributed by atoms with Crippen LogP contribution in [-0.4, -0.2) is 134 Å². The lowest BCUT2D eigenvalue weighted by Gasteiger charge is -2.27. The molecule has 0 radical (unpaired) electrons. The summed E-state index contributed by atoms with van der Waals surface area (Å²) in [6.07, 6.45) is 7.83. The third kappa shape index (κ3) is 11.0. The van der Waals surface area contributed by atoms with Crippen molar-refractivity contribution in [3.8, 4) is 34.0 Å². The number of amides is 1. The van der Waals surface area contributed by atoms with Crippen LogP contribution in [0.25, 0.3) is 44.3 Å². The fourth-order valence-corrected chi connectivity index (χ4v) is 8.48. The third-order valence-electron chi connectivity index (χ3n) is 12.3. The lowest BCUT2D eigenvalue weighted by atomic mass is 10.1. The number of nitrogens with zero attached hydrogens (tertiary/aromatic N) is 10. The molecule has 4 aromatic heterocycles. The minimum absolute atomic E-state index is 0.164. The Kier molecular flexibility index (Phi) is 15.0. The number of carbonyl (C=O) groups excluding carboxylic acids is 1. The number of para-hydroxylation sites is 2. The van der Waals surface area contributed by atoms with Crippen molar-refractivity contribution < 1.29 is 14.3 Å². The van der Waals surface area contributed by atoms with E-state index >= 15 is 0 Å². The number of aromatic nitrogens is 6. The monoisotopic (exact) mass is 945 g/mol. The second-order valence-electron chi connectivity index (χ2n) is 17.9. The molecular formula is C53H64N14O3. The van der Waals surface area contributed by atoms with Gasteiger partial charge >= 0.3 is 0 Å². The van der Waals surface area contributed by atoms with Crippen molar-refractivity contribution in [1.82, 2.24) is 38.9 Å². The fourth-order valence-electron chi connectivity index (χ4n) is 8.48. The van der Waals surface area contributed by atoms with Gasteiger partial charge in [-0.2, -0.15) is 0 Å². The SMILES string of the molecule is COc1cc(N(C)CCN(C)C)c(NCCC(=O)Nc2cc(Nc3nccc(-c4cn(C)c5ccccc45)n3)c(OC)cc2N(C)CCN(C)C)cc1Nc1nccc(-c2cn(C)c3ccccc23)n1. The molecule has 8 rings (SSSR count). The van der Waals surface area contributed by atoms with Gasteiger partial charge in [-0.05, 0) is 64.6 Å². The van der Waals surface area contributed by atoms with E-state index < -0.39 is 0 Å². The number of nitrogens with one attached hydrogen (secondary N) is 4. The fraction of sp³-hybridized carbons (Fsp3) is 0.302. The number of hydrogen-bond donors (Lipinski definition) is 4. The van der Waals surface area contributed by atoms with Crippen molar-refractivity contribution in [3.05, 3.63) is 110 Å². The summed E-state index contributed by atoms with van der Waals surface area (Å²) in [4.78, 5) is 41.7. The molecule has 70 heavy (non-hydrogen) atoms. The first kappa shape index (κ1) is 48.6. The zero-order valence-electron chi connectivity index (χ0n) is 41.8. The molecule has 4 heterocycles. The van der Waals surface area contributed by atoms with Crippen molar-refractivity contribution in [1.29, 1.82) is 0 Å². The van der Waals surface area contributed by atoms with Crippen molar-refractivity contribution in [3.63, 3.8) is 0 Å². The van der Waals surface area contributed by atoms with Gasteiger partial charge in [0.05, 0.1) is 59.7 Å². The minimum atomic E-state index is -0.173. The van der Waals surface area contributed by atoms with E-state index in [1.807, 2.05) is 95.9 Å². The summed E-state index contributed by atoms with van der Waals surface area (Å²) in [6.45, 7) is 3.43. The lowest BCUT2D eigenvalue weighted by Crippen LogP contribution is -2.29. The van der Waals surface area contributed by atoms with E-state index in [0.29, 0.717) is 53.5 Å². The van der Waals surface area contributed by atoms with Crippen LogP contribution in [0, 0.1) is 0 Å². The zero-order chi connectivity index (χ0) is 49.5. The van der Waals surface area contributed by atoms with Crippen molar-refractivity contribution in [2.75, 3.05) is 120 Å². The van der Waals surface area contributed by atoms with Crippen molar-refractivity contribution in [2.24, 2.45) is 14.1 Å². The Morgan fingerprint density at radius 2 is 1.04 bits per heavy atom. The molecule has 0 unspecified atom stereocenters. The van der Waals surface area contributed by atoms with Crippen LogP contribution >= 0.6 is 0 Å². The minimum Gasteiger partial charge on any atom is -0.494 e. The largest absolute Gasteiger partial charge is 0.494 e. The van der Waals surface area contributed by atoms with E-state index in [-0.39, 0.29) is 12.3 Å². The highest BCUT2D eigenvalue weighted by atomic mass is 16.5. The van der Waals surface area contributed by atoms with Crippen LogP contribution in [0.2, 0.25) is 0 Å². The maximum atomic E-state index is 14.1. The topological polar surface area (TPSA) is 158 Å². The van der Waals surface area contributed by atoms with Crippen LogP contribution in [0.3, 0.4) is 0 Å². The number of likely N-dealkylation sites (N-methyl/N-ethyl adjacent to an activating group) is 4. The molecule has 17 heteroatoms. The van der Waals surface area contributed by atoms with E-state index in [2.05, 4.69) is 118 Å². The van der Waals surface area contributed by atoms with Crippen LogP contribution in [0.1, 0.15) is 6.42 Å². The Balaban J connectivity index is 1.04. The van der Waals surface area contributed by atoms with Crippen molar-refractivity contribution >= 4 is 73.7 Å². The number of aryl methyl sites for hydroxylation is 2. The lowest BCUT2D eigenvalue weighted by molar-refractivity contribution is -0.115. The number of benzene rings is 4. The predicted molar refractivity (Wildman–Crippen MR) is 286 cm³/mol. The van der Waals surface area contributed by atoms with Crippen molar-refractivity contribution in [2.45, 2.75) is 6.42 Å². The van der Waals surface area contributed by atoms with Gasteiger partial charge in [-0.15, -0.1) is 0 Å². The molecule has 0 aliphatic rings. The maximum absolute atomic E-state index is 14.1. The Morgan fingerprint density at radius 3 is 1.51 bits per heavy atom. The molecule has 4 aromatic carbocycles. The molecule has 364 valence electrons. The van der Waals surface area contributed by atoms with Gasteiger partial charge in [0.2, 0.25) is 17.8 Å². The van der Waals surface area contributed by atoms with Gasteiger partial charge in [0.25, 0.3) is 0 Å². The highest BCUT2D eigenvalue weighted by Crippen LogP contribution is 2.40. The molecule has 0 atom stereocenters. The van der Waals surface area contributed by atoms with Gasteiger partial charge in [-0.1, -0.05) is 36.4 Å².